The molecule has 2 amide bonds. The zero-order valence-corrected chi connectivity index (χ0v) is 28.7. The molecule has 258 valence electrons. The number of benzene rings is 5. The standard InChI is InChI=1S/C38H35ClFN3O6S/c1-48-33-17-9-28(10-18-33)24-41-38(45)36(23-27-5-3-2-4-6-27)43(25-29-7-11-30(39)12-8-29)37(44)26-49-34-19-21-35(22-20-34)50(46,47)42-32-15-13-31(40)14-16-32/h2-22,36,42H,23-26H2,1H3,(H,41,45). The fourth-order valence-electron chi connectivity index (χ4n) is 5.07. The van der Waals surface area contributed by atoms with E-state index in [9.17, 15) is 22.4 Å². The molecule has 0 spiro atoms. The van der Waals surface area contributed by atoms with Gasteiger partial charge in [-0.1, -0.05) is 66.2 Å². The molecular weight excluding hydrogens is 681 g/mol. The van der Waals surface area contributed by atoms with E-state index < -0.39 is 34.4 Å². The van der Waals surface area contributed by atoms with Crippen LogP contribution >= 0.6 is 11.6 Å². The number of carbonyl (C=O) groups excluding carboxylic acids is 2. The van der Waals surface area contributed by atoms with Gasteiger partial charge in [0.15, 0.2) is 6.61 Å². The Hall–Kier alpha value is -5.39. The molecule has 0 aromatic heterocycles. The van der Waals surface area contributed by atoms with Crippen LogP contribution < -0.4 is 19.5 Å². The molecule has 0 bridgehead atoms. The lowest BCUT2D eigenvalue weighted by Crippen LogP contribution is -2.51. The highest BCUT2D eigenvalue weighted by atomic mass is 35.5. The van der Waals surface area contributed by atoms with Crippen LogP contribution in [-0.2, 0) is 39.1 Å². The summed E-state index contributed by atoms with van der Waals surface area (Å²) in [5.41, 5.74) is 2.68. The smallest absolute Gasteiger partial charge is 0.261 e. The molecule has 12 heteroatoms. The Morgan fingerprint density at radius 2 is 1.40 bits per heavy atom. The normalized spacial score (nSPS) is 11.7. The van der Waals surface area contributed by atoms with Crippen LogP contribution in [0.1, 0.15) is 16.7 Å². The Bertz CT molecular complexity index is 1980. The van der Waals surface area contributed by atoms with Crippen molar-refractivity contribution in [3.05, 3.63) is 155 Å². The SMILES string of the molecule is COc1ccc(CNC(=O)C(Cc2ccccc2)N(Cc2ccc(Cl)cc2)C(=O)COc2ccc(S(=O)(=O)Nc3ccc(F)cc3)cc2)cc1. The summed E-state index contributed by atoms with van der Waals surface area (Å²) in [4.78, 5) is 29.3. The van der Waals surface area contributed by atoms with E-state index in [1.54, 1.807) is 43.5 Å². The highest BCUT2D eigenvalue weighted by Gasteiger charge is 2.31. The van der Waals surface area contributed by atoms with E-state index in [2.05, 4.69) is 10.0 Å². The summed E-state index contributed by atoms with van der Waals surface area (Å²) in [5.74, 6) is -0.365. The number of nitrogens with zero attached hydrogens (tertiary/aromatic N) is 1. The van der Waals surface area contributed by atoms with E-state index in [4.69, 9.17) is 21.1 Å². The van der Waals surface area contributed by atoms with Crippen LogP contribution in [0.5, 0.6) is 11.5 Å². The Labute approximate surface area is 295 Å². The number of nitrogens with one attached hydrogen (secondary N) is 2. The van der Waals surface area contributed by atoms with Crippen LogP contribution in [0.3, 0.4) is 0 Å². The van der Waals surface area contributed by atoms with Gasteiger partial charge in [-0.05, 0) is 89.5 Å². The van der Waals surface area contributed by atoms with E-state index in [-0.39, 0.29) is 41.7 Å². The van der Waals surface area contributed by atoms with Crippen molar-refractivity contribution in [2.75, 3.05) is 18.4 Å². The van der Waals surface area contributed by atoms with Crippen molar-refractivity contribution in [1.29, 1.82) is 0 Å². The largest absolute Gasteiger partial charge is 0.497 e. The molecule has 0 fully saturated rings. The van der Waals surface area contributed by atoms with E-state index in [0.717, 1.165) is 28.8 Å². The Morgan fingerprint density at radius 3 is 2.04 bits per heavy atom. The zero-order chi connectivity index (χ0) is 35.5. The molecule has 0 aliphatic carbocycles. The van der Waals surface area contributed by atoms with Gasteiger partial charge < -0.3 is 19.7 Å². The van der Waals surface area contributed by atoms with Crippen molar-refractivity contribution in [2.45, 2.75) is 30.4 Å². The molecule has 0 saturated carbocycles. The Balaban J connectivity index is 1.34. The molecule has 1 unspecified atom stereocenters. The zero-order valence-electron chi connectivity index (χ0n) is 27.1. The van der Waals surface area contributed by atoms with Crippen LogP contribution in [0.2, 0.25) is 5.02 Å². The fraction of sp³-hybridized carbons (Fsp3) is 0.158. The maximum atomic E-state index is 14.0. The molecule has 1 atom stereocenters. The van der Waals surface area contributed by atoms with Crippen molar-refractivity contribution < 1.29 is 31.9 Å². The van der Waals surface area contributed by atoms with E-state index in [1.165, 1.54) is 41.3 Å². The molecular formula is C38H35ClFN3O6S. The molecule has 5 aromatic rings. The maximum absolute atomic E-state index is 14.0. The van der Waals surface area contributed by atoms with Crippen molar-refractivity contribution in [3.8, 4) is 11.5 Å². The van der Waals surface area contributed by atoms with Gasteiger partial charge in [0.25, 0.3) is 15.9 Å². The number of anilines is 1. The van der Waals surface area contributed by atoms with Gasteiger partial charge >= 0.3 is 0 Å². The second kappa shape index (κ2) is 16.8. The van der Waals surface area contributed by atoms with Crippen molar-refractivity contribution in [1.82, 2.24) is 10.2 Å². The molecule has 0 radical (unpaired) electrons. The van der Waals surface area contributed by atoms with Crippen LogP contribution in [0.15, 0.2) is 132 Å². The van der Waals surface area contributed by atoms with Crippen molar-refractivity contribution in [2.24, 2.45) is 0 Å². The van der Waals surface area contributed by atoms with E-state index in [1.807, 2.05) is 42.5 Å². The van der Waals surface area contributed by atoms with Gasteiger partial charge in [-0.3, -0.25) is 14.3 Å². The van der Waals surface area contributed by atoms with Crippen LogP contribution in [0.4, 0.5) is 10.1 Å². The van der Waals surface area contributed by atoms with Crippen LogP contribution in [0.25, 0.3) is 0 Å². The monoisotopic (exact) mass is 715 g/mol. The summed E-state index contributed by atoms with van der Waals surface area (Å²) < 4.78 is 52.4. The minimum atomic E-state index is -3.97. The fourth-order valence-corrected chi connectivity index (χ4v) is 6.25. The van der Waals surface area contributed by atoms with Crippen LogP contribution in [0, 0.1) is 5.82 Å². The number of sulfonamides is 1. The minimum Gasteiger partial charge on any atom is -0.497 e. The molecule has 9 nitrogen and oxygen atoms in total. The molecule has 0 saturated heterocycles. The first-order valence-corrected chi connectivity index (χ1v) is 17.5. The van der Waals surface area contributed by atoms with Gasteiger partial charge in [0.05, 0.1) is 12.0 Å². The highest BCUT2D eigenvalue weighted by Crippen LogP contribution is 2.21. The number of rotatable bonds is 15. The summed E-state index contributed by atoms with van der Waals surface area (Å²) in [6, 6.07) is 33.3. The van der Waals surface area contributed by atoms with Crippen LogP contribution in [-0.4, -0.2) is 44.9 Å². The lowest BCUT2D eigenvalue weighted by Gasteiger charge is -2.31. The predicted octanol–water partition coefficient (Wildman–Crippen LogP) is 6.62. The Morgan fingerprint density at radius 1 is 0.780 bits per heavy atom. The Kier molecular flexibility index (Phi) is 12.1. The molecule has 5 rings (SSSR count). The maximum Gasteiger partial charge on any atom is 0.261 e. The summed E-state index contributed by atoms with van der Waals surface area (Å²) in [6.45, 7) is -0.0948. The van der Waals surface area contributed by atoms with Gasteiger partial charge in [0.1, 0.15) is 23.4 Å². The molecule has 5 aromatic carbocycles. The molecule has 50 heavy (non-hydrogen) atoms. The van der Waals surface area contributed by atoms with E-state index >= 15 is 0 Å². The number of halogens is 2. The lowest BCUT2D eigenvalue weighted by atomic mass is 10.0. The lowest BCUT2D eigenvalue weighted by molar-refractivity contribution is -0.142. The summed E-state index contributed by atoms with van der Waals surface area (Å²) in [5, 5.41) is 3.52. The summed E-state index contributed by atoms with van der Waals surface area (Å²) in [7, 11) is -2.39. The minimum absolute atomic E-state index is 0.0543. The number of ether oxygens (including phenoxy) is 2. The first-order chi connectivity index (χ1) is 24.1. The van der Waals surface area contributed by atoms with E-state index in [0.29, 0.717) is 10.8 Å². The van der Waals surface area contributed by atoms with Gasteiger partial charge in [0.2, 0.25) is 5.91 Å². The molecule has 0 aliphatic heterocycles. The second-order valence-corrected chi connectivity index (χ2v) is 13.4. The third-order valence-corrected chi connectivity index (χ3v) is 9.41. The summed E-state index contributed by atoms with van der Waals surface area (Å²) in [6.07, 6.45) is 0.238. The van der Waals surface area contributed by atoms with Gasteiger partial charge in [-0.15, -0.1) is 0 Å². The van der Waals surface area contributed by atoms with Gasteiger partial charge in [-0.2, -0.15) is 0 Å². The molecule has 0 aliphatic rings. The number of carbonyl (C=O) groups is 2. The number of hydrogen-bond acceptors (Lipinski definition) is 6. The van der Waals surface area contributed by atoms with Gasteiger partial charge in [0, 0.05) is 30.2 Å². The summed E-state index contributed by atoms with van der Waals surface area (Å²) >= 11 is 6.12. The molecule has 0 heterocycles. The predicted molar refractivity (Wildman–Crippen MR) is 190 cm³/mol. The quantitative estimate of drug-likeness (QED) is 0.126. The average molecular weight is 716 g/mol. The van der Waals surface area contributed by atoms with Crippen molar-refractivity contribution in [3.63, 3.8) is 0 Å². The van der Waals surface area contributed by atoms with Gasteiger partial charge in [-0.25, -0.2) is 12.8 Å². The third-order valence-electron chi connectivity index (χ3n) is 7.76. The number of methoxy groups -OCH3 is 1. The number of hydrogen-bond donors (Lipinski definition) is 2. The average Bonchev–Trinajstić information content (AvgIpc) is 3.13. The van der Waals surface area contributed by atoms with Crippen molar-refractivity contribution >= 4 is 39.1 Å². The third kappa shape index (κ3) is 10.1. The second-order valence-electron chi connectivity index (χ2n) is 11.3. The molecule has 2 N–H and O–H groups in total. The highest BCUT2D eigenvalue weighted by molar-refractivity contribution is 7.92. The topological polar surface area (TPSA) is 114 Å². The first kappa shape index (κ1) is 35.9. The number of amides is 2. The first-order valence-electron chi connectivity index (χ1n) is 15.6.